The maximum absolute atomic E-state index is 13.6. The molecule has 0 spiro atoms. The van der Waals surface area contributed by atoms with E-state index >= 15 is 0 Å². The Kier molecular flexibility index (Phi) is 5.77. The molecule has 6 nitrogen and oxygen atoms in total. The SMILES string of the molecule is CC1=C(C(=O)OC2CCCCC2)[C@@H](c2coc3ccc(C)cc3c2=O)C2C(=O)CCCC2=N1. The minimum Gasteiger partial charge on any atom is -0.464 e. The topological polar surface area (TPSA) is 85.9 Å². The van der Waals surface area contributed by atoms with Gasteiger partial charge in [0.25, 0.3) is 0 Å². The number of nitrogens with zero attached hydrogens (tertiary/aromatic N) is 1. The monoisotopic (exact) mass is 447 g/mol. The summed E-state index contributed by atoms with van der Waals surface area (Å²) in [5, 5.41) is 0.456. The minimum absolute atomic E-state index is 0.0178. The van der Waals surface area contributed by atoms with Crippen molar-refractivity contribution in [1.82, 2.24) is 0 Å². The molecule has 2 saturated carbocycles. The van der Waals surface area contributed by atoms with Crippen molar-refractivity contribution in [3.8, 4) is 0 Å². The van der Waals surface area contributed by atoms with Crippen LogP contribution in [0.25, 0.3) is 11.0 Å². The summed E-state index contributed by atoms with van der Waals surface area (Å²) in [7, 11) is 0. The number of carbonyl (C=O) groups is 2. The molecular formula is C27H29NO5. The maximum Gasteiger partial charge on any atom is 0.336 e. The Balaban J connectivity index is 1.64. The molecule has 2 fully saturated rings. The van der Waals surface area contributed by atoms with Gasteiger partial charge in [-0.05, 0) is 64.5 Å². The number of allylic oxidation sites excluding steroid dienone is 1. The predicted molar refractivity (Wildman–Crippen MR) is 125 cm³/mol. The molecule has 0 N–H and O–H groups in total. The van der Waals surface area contributed by atoms with Gasteiger partial charge in [0.1, 0.15) is 17.5 Å². The second kappa shape index (κ2) is 8.73. The van der Waals surface area contributed by atoms with Crippen LogP contribution in [0.15, 0.2) is 49.9 Å². The zero-order valence-electron chi connectivity index (χ0n) is 19.2. The highest BCUT2D eigenvalue weighted by Crippen LogP contribution is 2.43. The van der Waals surface area contributed by atoms with Crippen LogP contribution in [-0.2, 0) is 14.3 Å². The molecule has 0 radical (unpaired) electrons. The number of ketones is 1. The summed E-state index contributed by atoms with van der Waals surface area (Å²) < 4.78 is 11.7. The van der Waals surface area contributed by atoms with Gasteiger partial charge >= 0.3 is 5.97 Å². The highest BCUT2D eigenvalue weighted by molar-refractivity contribution is 6.11. The van der Waals surface area contributed by atoms with Gasteiger partial charge in [-0.15, -0.1) is 0 Å². The van der Waals surface area contributed by atoms with Gasteiger partial charge in [-0.1, -0.05) is 18.1 Å². The molecule has 2 aromatic rings. The lowest BCUT2D eigenvalue weighted by Gasteiger charge is -2.35. The number of aliphatic imine (C=N–C) groups is 1. The number of carbonyl (C=O) groups excluding carboxylic acids is 2. The van der Waals surface area contributed by atoms with Gasteiger partial charge in [-0.2, -0.15) is 0 Å². The summed E-state index contributed by atoms with van der Waals surface area (Å²) in [5.41, 5.74) is 3.16. The summed E-state index contributed by atoms with van der Waals surface area (Å²) in [6.45, 7) is 3.69. The lowest BCUT2D eigenvalue weighted by Crippen LogP contribution is -2.41. The molecule has 0 amide bonds. The van der Waals surface area contributed by atoms with E-state index in [0.29, 0.717) is 40.6 Å². The van der Waals surface area contributed by atoms with E-state index in [9.17, 15) is 14.4 Å². The molecule has 1 aliphatic heterocycles. The number of hydrogen-bond acceptors (Lipinski definition) is 6. The van der Waals surface area contributed by atoms with Crippen LogP contribution < -0.4 is 5.43 Å². The number of benzene rings is 1. The fraction of sp³-hybridized carbons (Fsp3) is 0.481. The number of aryl methyl sites for hydroxylation is 1. The largest absolute Gasteiger partial charge is 0.464 e. The Hall–Kier alpha value is -3.02. The van der Waals surface area contributed by atoms with Gasteiger partial charge in [-0.25, -0.2) is 4.79 Å². The summed E-state index contributed by atoms with van der Waals surface area (Å²) >= 11 is 0. The van der Waals surface area contributed by atoms with Gasteiger partial charge in [-0.3, -0.25) is 14.6 Å². The van der Waals surface area contributed by atoms with Crippen LogP contribution in [0.2, 0.25) is 0 Å². The Morgan fingerprint density at radius 3 is 2.61 bits per heavy atom. The molecular weight excluding hydrogens is 418 g/mol. The molecule has 2 heterocycles. The van der Waals surface area contributed by atoms with Gasteiger partial charge in [0.2, 0.25) is 0 Å². The Bertz CT molecular complexity index is 1240. The molecule has 0 saturated heterocycles. The molecule has 6 heteroatoms. The summed E-state index contributed by atoms with van der Waals surface area (Å²) in [6.07, 6.45) is 8.06. The first-order valence-electron chi connectivity index (χ1n) is 12.0. The Morgan fingerprint density at radius 2 is 1.82 bits per heavy atom. The first-order chi connectivity index (χ1) is 15.9. The highest BCUT2D eigenvalue weighted by Gasteiger charge is 2.45. The van der Waals surface area contributed by atoms with Crippen molar-refractivity contribution in [2.75, 3.05) is 0 Å². The smallest absolute Gasteiger partial charge is 0.336 e. The zero-order valence-corrected chi connectivity index (χ0v) is 19.2. The second-order valence-corrected chi connectivity index (χ2v) is 9.56. The van der Waals surface area contributed by atoms with Crippen LogP contribution in [0.1, 0.15) is 75.3 Å². The predicted octanol–water partition coefficient (Wildman–Crippen LogP) is 5.16. The van der Waals surface area contributed by atoms with E-state index in [1.807, 2.05) is 13.0 Å². The van der Waals surface area contributed by atoms with E-state index in [1.54, 1.807) is 19.1 Å². The molecule has 1 aromatic heterocycles. The van der Waals surface area contributed by atoms with Gasteiger partial charge in [0, 0.05) is 29.3 Å². The van der Waals surface area contributed by atoms with Crippen LogP contribution in [0.3, 0.4) is 0 Å². The van der Waals surface area contributed by atoms with E-state index < -0.39 is 17.8 Å². The molecule has 2 aliphatic carbocycles. The Labute approximate surface area is 192 Å². The molecule has 2 atom stereocenters. The van der Waals surface area contributed by atoms with E-state index in [-0.39, 0.29) is 17.3 Å². The fourth-order valence-corrected chi connectivity index (χ4v) is 5.59. The average molecular weight is 448 g/mol. The molecule has 5 rings (SSSR count). The number of fused-ring (bicyclic) bond motifs is 2. The molecule has 3 aliphatic rings. The maximum atomic E-state index is 13.6. The van der Waals surface area contributed by atoms with Crippen LogP contribution in [0.5, 0.6) is 0 Å². The van der Waals surface area contributed by atoms with E-state index in [4.69, 9.17) is 9.15 Å². The van der Waals surface area contributed by atoms with Crippen molar-refractivity contribution in [2.45, 2.75) is 77.2 Å². The highest BCUT2D eigenvalue weighted by atomic mass is 16.5. The van der Waals surface area contributed by atoms with Crippen molar-refractivity contribution in [3.63, 3.8) is 0 Å². The molecule has 0 bridgehead atoms. The quantitative estimate of drug-likeness (QED) is 0.607. The van der Waals surface area contributed by atoms with Gasteiger partial charge in [0.05, 0.1) is 23.1 Å². The van der Waals surface area contributed by atoms with Crippen LogP contribution in [-0.4, -0.2) is 23.6 Å². The van der Waals surface area contributed by atoms with E-state index in [0.717, 1.165) is 49.8 Å². The summed E-state index contributed by atoms with van der Waals surface area (Å²) in [6, 6.07) is 5.45. The van der Waals surface area contributed by atoms with Gasteiger partial charge in [0.15, 0.2) is 5.43 Å². The third-order valence-electron chi connectivity index (χ3n) is 7.24. The molecule has 172 valence electrons. The Morgan fingerprint density at radius 1 is 1.03 bits per heavy atom. The molecule has 1 aromatic carbocycles. The third kappa shape index (κ3) is 3.96. The zero-order chi connectivity index (χ0) is 23.1. The first kappa shape index (κ1) is 21.8. The van der Waals surface area contributed by atoms with Crippen molar-refractivity contribution in [2.24, 2.45) is 10.9 Å². The summed E-state index contributed by atoms with van der Waals surface area (Å²) in [5.74, 6) is -1.80. The number of ether oxygens (including phenoxy) is 1. The normalized spacial score (nSPS) is 23.9. The second-order valence-electron chi connectivity index (χ2n) is 9.56. The van der Waals surface area contributed by atoms with Crippen molar-refractivity contribution in [3.05, 3.63) is 57.1 Å². The van der Waals surface area contributed by atoms with E-state index in [2.05, 4.69) is 4.99 Å². The van der Waals surface area contributed by atoms with Crippen molar-refractivity contribution >= 4 is 28.4 Å². The van der Waals surface area contributed by atoms with Crippen LogP contribution in [0, 0.1) is 12.8 Å². The fourth-order valence-electron chi connectivity index (χ4n) is 5.59. The molecule has 1 unspecified atom stereocenters. The number of esters is 1. The number of rotatable bonds is 3. The van der Waals surface area contributed by atoms with Crippen LogP contribution >= 0.6 is 0 Å². The average Bonchev–Trinajstić information content (AvgIpc) is 2.80. The first-order valence-corrected chi connectivity index (χ1v) is 12.0. The van der Waals surface area contributed by atoms with Crippen molar-refractivity contribution in [1.29, 1.82) is 0 Å². The van der Waals surface area contributed by atoms with Crippen molar-refractivity contribution < 1.29 is 18.7 Å². The lowest BCUT2D eigenvalue weighted by atomic mass is 9.69. The van der Waals surface area contributed by atoms with E-state index in [1.165, 1.54) is 6.26 Å². The standard InChI is InChI=1S/C27H29NO5/c1-15-11-12-22-18(13-15)26(30)19(14-32-22)24-23(27(31)33-17-7-4-3-5-8-17)16(2)28-20-9-6-10-21(29)25(20)24/h11-14,17,24-25H,3-10H2,1-2H3/t24-,25?/m1/s1. The minimum atomic E-state index is -0.734. The summed E-state index contributed by atoms with van der Waals surface area (Å²) in [4.78, 5) is 44.9. The number of Topliss-reactive ketones (excluding diaryl/α,β-unsaturated/α-hetero) is 1. The lowest BCUT2D eigenvalue weighted by molar-refractivity contribution is -0.146. The molecule has 33 heavy (non-hydrogen) atoms. The third-order valence-corrected chi connectivity index (χ3v) is 7.24. The van der Waals surface area contributed by atoms with Gasteiger partial charge < -0.3 is 9.15 Å². The number of hydrogen-bond donors (Lipinski definition) is 0. The van der Waals surface area contributed by atoms with Crippen LogP contribution in [0.4, 0.5) is 0 Å².